The number of ether oxygens (including phenoxy) is 1. The predicted molar refractivity (Wildman–Crippen MR) is 68.5 cm³/mol. The molecule has 1 unspecified atom stereocenters. The lowest BCUT2D eigenvalue weighted by Crippen LogP contribution is -2.40. The molecule has 1 rings (SSSR count). The molecule has 0 amide bonds. The Kier molecular flexibility index (Phi) is 5.37. The fourth-order valence-corrected chi connectivity index (χ4v) is 2.98. The minimum Gasteiger partial charge on any atom is -0.385 e. The van der Waals surface area contributed by atoms with E-state index in [9.17, 15) is 8.42 Å². The van der Waals surface area contributed by atoms with Crippen LogP contribution in [0.1, 0.15) is 26.2 Å². The van der Waals surface area contributed by atoms with Crippen molar-refractivity contribution < 1.29 is 13.2 Å². The zero-order valence-electron chi connectivity index (χ0n) is 11.0. The molecular weight excluding hydrogens is 240 g/mol. The van der Waals surface area contributed by atoms with Gasteiger partial charge in [-0.2, -0.15) is 0 Å². The second-order valence-electron chi connectivity index (χ2n) is 4.98. The molecule has 6 heteroatoms. The molecule has 0 saturated heterocycles. The highest BCUT2D eigenvalue weighted by atomic mass is 32.2. The standard InChI is InChI=1S/C11H24N2O3S/c1-10(8-12-2)17(14,15)13-9-11(4-5-11)6-7-16-3/h10,12-13H,4-9H2,1-3H3. The number of rotatable bonds is 9. The fourth-order valence-electron chi connectivity index (χ4n) is 1.80. The third-order valence-electron chi connectivity index (χ3n) is 3.46. The minimum atomic E-state index is -3.19. The van der Waals surface area contributed by atoms with Crippen LogP contribution in [-0.4, -0.2) is 47.5 Å². The average molecular weight is 264 g/mol. The summed E-state index contributed by atoms with van der Waals surface area (Å²) in [7, 11) is 0.239. The van der Waals surface area contributed by atoms with Gasteiger partial charge in [-0.05, 0) is 38.6 Å². The van der Waals surface area contributed by atoms with E-state index in [2.05, 4.69) is 10.0 Å². The van der Waals surface area contributed by atoms with Crippen LogP contribution in [-0.2, 0) is 14.8 Å². The van der Waals surface area contributed by atoms with Crippen molar-refractivity contribution in [1.29, 1.82) is 0 Å². The van der Waals surface area contributed by atoms with Crippen molar-refractivity contribution >= 4 is 10.0 Å². The molecule has 1 atom stereocenters. The lowest BCUT2D eigenvalue weighted by molar-refractivity contribution is 0.173. The average Bonchev–Trinajstić information content (AvgIpc) is 3.05. The van der Waals surface area contributed by atoms with E-state index < -0.39 is 15.3 Å². The van der Waals surface area contributed by atoms with E-state index in [1.165, 1.54) is 0 Å². The molecule has 0 aromatic carbocycles. The van der Waals surface area contributed by atoms with E-state index >= 15 is 0 Å². The maximum absolute atomic E-state index is 11.9. The highest BCUT2D eigenvalue weighted by Crippen LogP contribution is 2.48. The molecule has 102 valence electrons. The van der Waals surface area contributed by atoms with Crippen LogP contribution in [0.5, 0.6) is 0 Å². The summed E-state index contributed by atoms with van der Waals surface area (Å²) >= 11 is 0. The molecule has 0 bridgehead atoms. The maximum Gasteiger partial charge on any atom is 0.215 e. The van der Waals surface area contributed by atoms with Gasteiger partial charge in [-0.1, -0.05) is 0 Å². The van der Waals surface area contributed by atoms with Crippen molar-refractivity contribution in [1.82, 2.24) is 10.0 Å². The Balaban J connectivity index is 2.39. The number of nitrogens with one attached hydrogen (secondary N) is 2. The lowest BCUT2D eigenvalue weighted by Gasteiger charge is -2.18. The van der Waals surface area contributed by atoms with Gasteiger partial charge in [0.25, 0.3) is 0 Å². The maximum atomic E-state index is 11.9. The number of methoxy groups -OCH3 is 1. The first-order chi connectivity index (χ1) is 7.96. The van der Waals surface area contributed by atoms with E-state index in [0.717, 1.165) is 19.3 Å². The summed E-state index contributed by atoms with van der Waals surface area (Å²) < 4.78 is 31.6. The molecule has 2 N–H and O–H groups in total. The summed E-state index contributed by atoms with van der Waals surface area (Å²) in [4.78, 5) is 0. The third kappa shape index (κ3) is 4.54. The summed E-state index contributed by atoms with van der Waals surface area (Å²) in [6.45, 7) is 3.44. The van der Waals surface area contributed by atoms with Gasteiger partial charge in [0.2, 0.25) is 10.0 Å². The molecule has 1 fully saturated rings. The van der Waals surface area contributed by atoms with Crippen LogP contribution in [0, 0.1) is 5.41 Å². The van der Waals surface area contributed by atoms with Gasteiger partial charge < -0.3 is 10.1 Å². The van der Waals surface area contributed by atoms with Crippen LogP contribution in [0.25, 0.3) is 0 Å². The van der Waals surface area contributed by atoms with Crippen LogP contribution in [0.15, 0.2) is 0 Å². The van der Waals surface area contributed by atoms with Crippen LogP contribution < -0.4 is 10.0 Å². The Hall–Kier alpha value is -0.170. The first-order valence-corrected chi connectivity index (χ1v) is 7.62. The summed E-state index contributed by atoms with van der Waals surface area (Å²) in [5, 5.41) is 2.48. The van der Waals surface area contributed by atoms with Gasteiger partial charge in [0.05, 0.1) is 5.25 Å². The molecule has 0 aromatic rings. The molecule has 17 heavy (non-hydrogen) atoms. The Morgan fingerprint density at radius 2 is 2.06 bits per heavy atom. The molecule has 0 spiro atoms. The molecule has 1 aliphatic rings. The summed E-state index contributed by atoms with van der Waals surface area (Å²) in [6.07, 6.45) is 3.13. The monoisotopic (exact) mass is 264 g/mol. The van der Waals surface area contributed by atoms with Gasteiger partial charge in [-0.25, -0.2) is 13.1 Å². The Morgan fingerprint density at radius 1 is 1.41 bits per heavy atom. The van der Waals surface area contributed by atoms with E-state index in [-0.39, 0.29) is 5.41 Å². The van der Waals surface area contributed by atoms with Crippen LogP contribution in [0.4, 0.5) is 0 Å². The van der Waals surface area contributed by atoms with Crippen LogP contribution >= 0.6 is 0 Å². The van der Waals surface area contributed by atoms with Gasteiger partial charge in [0.1, 0.15) is 0 Å². The van der Waals surface area contributed by atoms with Crippen molar-refractivity contribution in [3.63, 3.8) is 0 Å². The highest BCUT2D eigenvalue weighted by Gasteiger charge is 2.42. The highest BCUT2D eigenvalue weighted by molar-refractivity contribution is 7.90. The van der Waals surface area contributed by atoms with Crippen molar-refractivity contribution in [3.8, 4) is 0 Å². The topological polar surface area (TPSA) is 67.4 Å². The smallest absolute Gasteiger partial charge is 0.215 e. The van der Waals surface area contributed by atoms with E-state index in [4.69, 9.17) is 4.74 Å². The molecule has 1 saturated carbocycles. The first kappa shape index (κ1) is 14.9. The summed E-state index contributed by atoms with van der Waals surface area (Å²) in [5.41, 5.74) is 0.155. The number of hydrogen-bond acceptors (Lipinski definition) is 4. The van der Waals surface area contributed by atoms with Gasteiger partial charge in [-0.15, -0.1) is 0 Å². The molecule has 0 aliphatic heterocycles. The van der Waals surface area contributed by atoms with E-state index in [1.54, 1.807) is 21.1 Å². The number of hydrogen-bond donors (Lipinski definition) is 2. The van der Waals surface area contributed by atoms with Gasteiger partial charge in [-0.3, -0.25) is 0 Å². The van der Waals surface area contributed by atoms with Crippen LogP contribution in [0.2, 0.25) is 0 Å². The molecule has 0 aromatic heterocycles. The van der Waals surface area contributed by atoms with Gasteiger partial charge in [0.15, 0.2) is 0 Å². The summed E-state index contributed by atoms with van der Waals surface area (Å²) in [6, 6.07) is 0. The predicted octanol–water partition coefficient (Wildman–Crippen LogP) is 0.330. The number of sulfonamides is 1. The molecule has 0 radical (unpaired) electrons. The normalized spacial score (nSPS) is 20.2. The lowest BCUT2D eigenvalue weighted by atomic mass is 10.0. The molecule has 0 heterocycles. The van der Waals surface area contributed by atoms with Gasteiger partial charge >= 0.3 is 0 Å². The quantitative estimate of drug-likeness (QED) is 0.630. The van der Waals surface area contributed by atoms with Crippen molar-refractivity contribution in [3.05, 3.63) is 0 Å². The molecular formula is C11H24N2O3S. The fraction of sp³-hybridized carbons (Fsp3) is 1.00. The minimum absolute atomic E-state index is 0.155. The van der Waals surface area contributed by atoms with Crippen molar-refractivity contribution in [2.75, 3.05) is 33.9 Å². The third-order valence-corrected chi connectivity index (χ3v) is 5.24. The second-order valence-corrected chi connectivity index (χ2v) is 7.16. The Labute approximate surface area is 104 Å². The SMILES string of the molecule is CNCC(C)S(=O)(=O)NCC1(CCOC)CC1. The second kappa shape index (κ2) is 6.13. The molecule has 1 aliphatic carbocycles. The Bertz CT molecular complexity index is 326. The van der Waals surface area contributed by atoms with Crippen molar-refractivity contribution in [2.45, 2.75) is 31.4 Å². The zero-order chi connectivity index (χ0) is 12.9. The summed E-state index contributed by atoms with van der Waals surface area (Å²) in [5.74, 6) is 0. The first-order valence-electron chi connectivity index (χ1n) is 6.08. The van der Waals surface area contributed by atoms with Crippen molar-refractivity contribution in [2.24, 2.45) is 5.41 Å². The van der Waals surface area contributed by atoms with E-state index in [1.807, 2.05) is 0 Å². The van der Waals surface area contributed by atoms with E-state index in [0.29, 0.717) is 19.7 Å². The van der Waals surface area contributed by atoms with Crippen LogP contribution in [0.3, 0.4) is 0 Å². The van der Waals surface area contributed by atoms with Gasteiger partial charge in [0, 0.05) is 26.8 Å². The Morgan fingerprint density at radius 3 is 2.53 bits per heavy atom. The largest absolute Gasteiger partial charge is 0.385 e. The zero-order valence-corrected chi connectivity index (χ0v) is 11.8. The molecule has 5 nitrogen and oxygen atoms in total.